The van der Waals surface area contributed by atoms with Gasteiger partial charge in [0, 0.05) is 17.4 Å². The maximum atomic E-state index is 14.2. The molecule has 0 spiro atoms. The van der Waals surface area contributed by atoms with E-state index >= 15 is 0 Å². The molecule has 2 aliphatic rings. The number of Topliss-reactive ketones (excluding diaryl/α,β-unsaturated/α-hetero) is 2. The van der Waals surface area contributed by atoms with E-state index in [1.165, 1.54) is 34.5 Å². The number of ether oxygens (including phenoxy) is 4. The lowest BCUT2D eigenvalue weighted by molar-refractivity contribution is -0.417. The highest BCUT2D eigenvalue weighted by Crippen LogP contribution is 2.61. The number of allylic oxidation sites excluding steroid dienone is 4. The molecule has 0 saturated heterocycles. The van der Waals surface area contributed by atoms with Crippen LogP contribution >= 0.6 is 0 Å². The molecule has 0 heterocycles. The standard InChI is InChI=1S/C36H43NO9/c1-7-9-11-13-15-27(38)22-17-29(43-3)31(45-5)20-24(22)36(16-14-12-10-8-2)25-21-32(46-6)30(44-4)18-23(25)33-26(36)19-28(39)35(40)34(33)37(41)42/h17-21H,7-16H2,1-6H3. The summed E-state index contributed by atoms with van der Waals surface area (Å²) in [5, 5.41) is 12.5. The third-order valence-corrected chi connectivity index (χ3v) is 9.06. The third-order valence-electron chi connectivity index (χ3n) is 9.06. The van der Waals surface area contributed by atoms with E-state index in [-0.39, 0.29) is 17.8 Å². The van der Waals surface area contributed by atoms with Gasteiger partial charge in [-0.05, 0) is 65.4 Å². The van der Waals surface area contributed by atoms with Crippen LogP contribution in [0.1, 0.15) is 105 Å². The molecule has 2 aromatic carbocycles. The topological polar surface area (TPSA) is 131 Å². The number of nitro groups is 1. The first-order chi connectivity index (χ1) is 22.1. The van der Waals surface area contributed by atoms with Gasteiger partial charge in [-0.3, -0.25) is 24.5 Å². The van der Waals surface area contributed by atoms with Crippen molar-refractivity contribution in [1.82, 2.24) is 0 Å². The summed E-state index contributed by atoms with van der Waals surface area (Å²) < 4.78 is 22.6. The molecule has 0 amide bonds. The Hall–Kier alpha value is -4.47. The van der Waals surface area contributed by atoms with Gasteiger partial charge in [0.25, 0.3) is 0 Å². The Morgan fingerprint density at radius 2 is 1.30 bits per heavy atom. The Labute approximate surface area is 269 Å². The monoisotopic (exact) mass is 633 g/mol. The van der Waals surface area contributed by atoms with Crippen LogP contribution in [0.15, 0.2) is 41.6 Å². The van der Waals surface area contributed by atoms with Crippen LogP contribution in [0, 0.1) is 10.1 Å². The first-order valence-electron chi connectivity index (χ1n) is 15.9. The molecule has 0 radical (unpaired) electrons. The molecule has 0 fully saturated rings. The zero-order valence-electron chi connectivity index (χ0n) is 27.6. The molecular weight excluding hydrogens is 590 g/mol. The molecule has 10 heteroatoms. The van der Waals surface area contributed by atoms with Crippen LogP contribution < -0.4 is 18.9 Å². The molecule has 2 aliphatic carbocycles. The quantitative estimate of drug-likeness (QED) is 0.0443. The molecule has 0 N–H and O–H groups in total. The largest absolute Gasteiger partial charge is 0.493 e. The zero-order valence-corrected chi connectivity index (χ0v) is 27.6. The Bertz CT molecular complexity index is 1600. The number of fused-ring (bicyclic) bond motifs is 3. The van der Waals surface area contributed by atoms with Crippen LogP contribution in [0.3, 0.4) is 0 Å². The molecule has 46 heavy (non-hydrogen) atoms. The number of methoxy groups -OCH3 is 4. The summed E-state index contributed by atoms with van der Waals surface area (Å²) >= 11 is 0. The number of ketones is 3. The summed E-state index contributed by atoms with van der Waals surface area (Å²) in [6.07, 6.45) is 8.94. The van der Waals surface area contributed by atoms with E-state index in [4.69, 9.17) is 18.9 Å². The summed E-state index contributed by atoms with van der Waals surface area (Å²) in [4.78, 5) is 52.3. The van der Waals surface area contributed by atoms with Gasteiger partial charge >= 0.3 is 11.5 Å². The molecule has 246 valence electrons. The summed E-state index contributed by atoms with van der Waals surface area (Å²) in [5.74, 6) is -0.892. The van der Waals surface area contributed by atoms with Crippen molar-refractivity contribution >= 4 is 22.9 Å². The molecule has 0 saturated carbocycles. The molecular formula is C36H43NO9. The number of hydrogen-bond acceptors (Lipinski definition) is 9. The molecule has 1 unspecified atom stereocenters. The highest BCUT2D eigenvalue weighted by atomic mass is 16.6. The van der Waals surface area contributed by atoms with E-state index in [9.17, 15) is 24.5 Å². The molecule has 10 nitrogen and oxygen atoms in total. The smallest absolute Gasteiger partial charge is 0.328 e. The lowest BCUT2D eigenvalue weighted by Gasteiger charge is -2.36. The molecule has 0 aromatic heterocycles. The van der Waals surface area contributed by atoms with Crippen LogP contribution in [-0.4, -0.2) is 50.7 Å². The molecule has 4 rings (SSSR count). The normalized spacial score (nSPS) is 17.0. The van der Waals surface area contributed by atoms with Gasteiger partial charge in [0.15, 0.2) is 28.8 Å². The molecule has 0 bridgehead atoms. The van der Waals surface area contributed by atoms with Crippen LogP contribution in [0.4, 0.5) is 0 Å². The van der Waals surface area contributed by atoms with Crippen molar-refractivity contribution < 1.29 is 38.3 Å². The SMILES string of the molecule is CCCCCCC(=O)c1cc(OC)c(OC)cc1C1(CCCCCC)C2=CC(=O)C(=O)C([N+](=O)[O-])=C2c2cc(OC)c(OC)cc21. The van der Waals surface area contributed by atoms with Gasteiger partial charge < -0.3 is 18.9 Å². The Kier molecular flexibility index (Phi) is 11.0. The Balaban J connectivity index is 2.17. The second kappa shape index (κ2) is 14.7. The Morgan fingerprint density at radius 3 is 1.87 bits per heavy atom. The molecule has 1 atom stereocenters. The van der Waals surface area contributed by atoms with Gasteiger partial charge in [-0.15, -0.1) is 0 Å². The molecule has 0 aliphatic heterocycles. The van der Waals surface area contributed by atoms with E-state index in [1.54, 1.807) is 24.3 Å². The summed E-state index contributed by atoms with van der Waals surface area (Å²) in [6, 6.07) is 6.77. The highest BCUT2D eigenvalue weighted by Gasteiger charge is 2.55. The minimum absolute atomic E-state index is 0.0529. The fourth-order valence-corrected chi connectivity index (χ4v) is 6.81. The minimum Gasteiger partial charge on any atom is -0.493 e. The average molecular weight is 634 g/mol. The molecule has 2 aromatic rings. The van der Waals surface area contributed by atoms with Crippen molar-refractivity contribution in [3.8, 4) is 23.0 Å². The maximum absolute atomic E-state index is 14.2. The number of hydrogen-bond donors (Lipinski definition) is 0. The van der Waals surface area contributed by atoms with Crippen molar-refractivity contribution in [2.75, 3.05) is 28.4 Å². The van der Waals surface area contributed by atoms with Gasteiger partial charge in [-0.25, -0.2) is 0 Å². The number of nitrogens with zero attached hydrogens (tertiary/aromatic N) is 1. The predicted octanol–water partition coefficient (Wildman–Crippen LogP) is 7.21. The van der Waals surface area contributed by atoms with E-state index in [0.717, 1.165) is 38.5 Å². The van der Waals surface area contributed by atoms with E-state index in [0.29, 0.717) is 70.1 Å². The fraction of sp³-hybridized carbons (Fsp3) is 0.472. The fourth-order valence-electron chi connectivity index (χ4n) is 6.81. The van der Waals surface area contributed by atoms with Crippen molar-refractivity contribution in [1.29, 1.82) is 0 Å². The minimum atomic E-state index is -1.25. The summed E-state index contributed by atoms with van der Waals surface area (Å²) in [7, 11) is 5.94. The van der Waals surface area contributed by atoms with Crippen LogP contribution in [0.5, 0.6) is 23.0 Å². The lowest BCUT2D eigenvalue weighted by atomic mass is 9.66. The van der Waals surface area contributed by atoms with Gasteiger partial charge in [0.2, 0.25) is 5.78 Å². The first kappa shape index (κ1) is 34.4. The number of unbranched alkanes of at least 4 members (excludes halogenated alkanes) is 6. The van der Waals surface area contributed by atoms with Gasteiger partial charge in [0.05, 0.1) is 38.9 Å². The second-order valence-electron chi connectivity index (χ2n) is 11.7. The van der Waals surface area contributed by atoms with Crippen LogP contribution in [0.25, 0.3) is 5.57 Å². The first-order valence-corrected chi connectivity index (χ1v) is 15.9. The van der Waals surface area contributed by atoms with Gasteiger partial charge in [0.1, 0.15) is 0 Å². The van der Waals surface area contributed by atoms with Crippen molar-refractivity contribution in [3.05, 3.63) is 74.0 Å². The maximum Gasteiger partial charge on any atom is 0.328 e. The average Bonchev–Trinajstić information content (AvgIpc) is 3.31. The number of rotatable bonds is 17. The second-order valence-corrected chi connectivity index (χ2v) is 11.7. The zero-order chi connectivity index (χ0) is 33.6. The van der Waals surface area contributed by atoms with Crippen LogP contribution in [0.2, 0.25) is 0 Å². The van der Waals surface area contributed by atoms with E-state index in [1.807, 2.05) is 0 Å². The van der Waals surface area contributed by atoms with Crippen molar-refractivity contribution in [3.63, 3.8) is 0 Å². The van der Waals surface area contributed by atoms with Crippen LogP contribution in [-0.2, 0) is 15.0 Å². The van der Waals surface area contributed by atoms with Crippen molar-refractivity contribution in [2.24, 2.45) is 0 Å². The summed E-state index contributed by atoms with van der Waals surface area (Å²) in [5.41, 5.74) is 0.180. The summed E-state index contributed by atoms with van der Waals surface area (Å²) in [6.45, 7) is 4.20. The lowest BCUT2D eigenvalue weighted by Crippen LogP contribution is -2.33. The third kappa shape index (κ3) is 6.04. The van der Waals surface area contributed by atoms with E-state index < -0.39 is 27.6 Å². The Morgan fingerprint density at radius 1 is 0.761 bits per heavy atom. The predicted molar refractivity (Wildman–Crippen MR) is 174 cm³/mol. The number of benzene rings is 2. The number of carbonyl (C=O) groups is 3. The van der Waals surface area contributed by atoms with Gasteiger partial charge in [-0.1, -0.05) is 58.8 Å². The van der Waals surface area contributed by atoms with Crippen molar-refractivity contribution in [2.45, 2.75) is 83.5 Å². The number of carbonyl (C=O) groups excluding carboxylic acids is 3. The highest BCUT2D eigenvalue weighted by molar-refractivity contribution is 6.50. The van der Waals surface area contributed by atoms with E-state index in [2.05, 4.69) is 13.8 Å². The van der Waals surface area contributed by atoms with Gasteiger partial charge in [-0.2, -0.15) is 0 Å².